The second kappa shape index (κ2) is 6.02. The zero-order chi connectivity index (χ0) is 17.7. The second-order valence-corrected chi connectivity index (χ2v) is 7.47. The number of hydrogen-bond donors (Lipinski definition) is 1. The summed E-state index contributed by atoms with van der Waals surface area (Å²) in [4.78, 5) is 36.4. The molecule has 5 atom stereocenters. The van der Waals surface area contributed by atoms with Crippen LogP contribution in [0.5, 0.6) is 0 Å². The fourth-order valence-electron chi connectivity index (χ4n) is 4.47. The first kappa shape index (κ1) is 16.4. The molecule has 0 spiro atoms. The van der Waals surface area contributed by atoms with E-state index in [4.69, 9.17) is 21.1 Å². The van der Waals surface area contributed by atoms with E-state index in [-0.39, 0.29) is 30.5 Å². The summed E-state index contributed by atoms with van der Waals surface area (Å²) < 4.78 is 10.5. The summed E-state index contributed by atoms with van der Waals surface area (Å²) in [6.07, 6.45) is 1.52. The van der Waals surface area contributed by atoms with Gasteiger partial charge in [0.1, 0.15) is 6.10 Å². The van der Waals surface area contributed by atoms with E-state index in [2.05, 4.69) is 5.32 Å². The predicted octanol–water partition coefficient (Wildman–Crippen LogP) is 2.33. The first-order valence-electron chi connectivity index (χ1n) is 8.37. The van der Waals surface area contributed by atoms with Crippen molar-refractivity contribution in [3.63, 3.8) is 0 Å². The number of carbonyl (C=O) groups excluding carboxylic acids is 3. The van der Waals surface area contributed by atoms with Crippen LogP contribution < -0.4 is 5.32 Å². The Hall–Kier alpha value is -2.08. The number of amides is 1. The van der Waals surface area contributed by atoms with Gasteiger partial charge in [-0.2, -0.15) is 0 Å². The number of rotatable bonds is 4. The molecular formula is C18H18ClNO5. The fourth-order valence-corrected chi connectivity index (χ4v) is 4.65. The highest BCUT2D eigenvalue weighted by molar-refractivity contribution is 6.31. The van der Waals surface area contributed by atoms with E-state index >= 15 is 0 Å². The Morgan fingerprint density at radius 2 is 2.16 bits per heavy atom. The molecule has 1 heterocycles. The zero-order valence-corrected chi connectivity index (χ0v) is 14.4. The maximum absolute atomic E-state index is 12.4. The summed E-state index contributed by atoms with van der Waals surface area (Å²) in [5.74, 6) is -1.82. The van der Waals surface area contributed by atoms with E-state index in [1.807, 2.05) is 6.92 Å². The van der Waals surface area contributed by atoms with Gasteiger partial charge in [-0.1, -0.05) is 17.7 Å². The van der Waals surface area contributed by atoms with E-state index in [0.717, 1.165) is 18.4 Å². The molecule has 1 N–H and O–H groups in total. The van der Waals surface area contributed by atoms with Crippen molar-refractivity contribution in [3.05, 3.63) is 28.8 Å². The molecule has 1 aliphatic heterocycles. The van der Waals surface area contributed by atoms with Gasteiger partial charge in [-0.05, 0) is 43.4 Å². The average molecular weight is 364 g/mol. The van der Waals surface area contributed by atoms with Crippen LogP contribution in [-0.2, 0) is 23.9 Å². The highest BCUT2D eigenvalue weighted by atomic mass is 35.5. The Bertz CT molecular complexity index is 762. The Balaban J connectivity index is 1.35. The highest BCUT2D eigenvalue weighted by Crippen LogP contribution is 2.57. The van der Waals surface area contributed by atoms with Gasteiger partial charge in [-0.3, -0.25) is 14.4 Å². The smallest absolute Gasteiger partial charge is 0.310 e. The van der Waals surface area contributed by atoms with Gasteiger partial charge in [0.25, 0.3) is 5.91 Å². The molecule has 3 aliphatic rings. The molecule has 1 amide bonds. The van der Waals surface area contributed by atoms with Crippen molar-refractivity contribution >= 4 is 35.1 Å². The van der Waals surface area contributed by atoms with Gasteiger partial charge in [0.05, 0.1) is 11.8 Å². The minimum absolute atomic E-state index is 0.0272. The number of aryl methyl sites for hydroxylation is 1. The molecule has 132 valence electrons. The van der Waals surface area contributed by atoms with Crippen LogP contribution in [0.4, 0.5) is 5.69 Å². The third-order valence-electron chi connectivity index (χ3n) is 5.57. The summed E-state index contributed by atoms with van der Waals surface area (Å²) in [6, 6.07) is 5.16. The minimum atomic E-state index is -0.479. The monoisotopic (exact) mass is 363 g/mol. The Morgan fingerprint density at radius 3 is 2.96 bits per heavy atom. The standard InChI is InChI=1S/C18H18ClNO5/c1-8-2-3-10(19)6-12(8)20-14(21)7-24-17(22)15-9-4-11-13(5-9)25-18(23)16(11)15/h2-3,6,9,11,13,15-16H,4-5,7H2,1H3,(H,20,21). The van der Waals surface area contributed by atoms with Gasteiger partial charge < -0.3 is 14.8 Å². The molecule has 2 aliphatic carbocycles. The van der Waals surface area contributed by atoms with Crippen molar-refractivity contribution in [1.82, 2.24) is 0 Å². The number of anilines is 1. The number of esters is 2. The van der Waals surface area contributed by atoms with Gasteiger partial charge in [-0.25, -0.2) is 0 Å². The Labute approximate surface area is 149 Å². The van der Waals surface area contributed by atoms with Gasteiger partial charge >= 0.3 is 11.9 Å². The number of halogens is 1. The molecule has 6 nitrogen and oxygen atoms in total. The van der Waals surface area contributed by atoms with Gasteiger partial charge in [0.2, 0.25) is 0 Å². The second-order valence-electron chi connectivity index (χ2n) is 7.04. The molecule has 1 saturated heterocycles. The SMILES string of the molecule is Cc1ccc(Cl)cc1NC(=O)COC(=O)C1C2CC3OC(=O)C1C3C2. The number of carbonyl (C=O) groups is 3. The molecule has 2 bridgehead atoms. The normalized spacial score (nSPS) is 31.8. The molecule has 5 unspecified atom stereocenters. The Morgan fingerprint density at radius 1 is 1.36 bits per heavy atom. The molecule has 25 heavy (non-hydrogen) atoms. The van der Waals surface area contributed by atoms with Crippen LogP contribution >= 0.6 is 11.6 Å². The van der Waals surface area contributed by atoms with Crippen LogP contribution in [0.1, 0.15) is 18.4 Å². The van der Waals surface area contributed by atoms with Crippen LogP contribution in [0, 0.1) is 30.6 Å². The molecule has 1 aromatic carbocycles. The number of benzene rings is 1. The molecule has 1 aromatic rings. The molecule has 0 radical (unpaired) electrons. The third kappa shape index (κ3) is 2.78. The lowest BCUT2D eigenvalue weighted by Crippen LogP contribution is -2.35. The lowest BCUT2D eigenvalue weighted by Gasteiger charge is -2.22. The Kier molecular flexibility index (Phi) is 3.95. The van der Waals surface area contributed by atoms with Gasteiger partial charge in [0.15, 0.2) is 6.61 Å². The number of ether oxygens (including phenoxy) is 2. The first-order chi connectivity index (χ1) is 11.9. The van der Waals surface area contributed by atoms with Gasteiger partial charge in [0, 0.05) is 16.6 Å². The minimum Gasteiger partial charge on any atom is -0.462 e. The maximum Gasteiger partial charge on any atom is 0.310 e. The maximum atomic E-state index is 12.4. The summed E-state index contributed by atoms with van der Waals surface area (Å²) in [5.41, 5.74) is 1.44. The first-order valence-corrected chi connectivity index (χ1v) is 8.75. The van der Waals surface area contributed by atoms with Crippen LogP contribution in [0.2, 0.25) is 5.02 Å². The van der Waals surface area contributed by atoms with E-state index in [1.54, 1.807) is 18.2 Å². The van der Waals surface area contributed by atoms with Crippen LogP contribution in [0.25, 0.3) is 0 Å². The van der Waals surface area contributed by atoms with E-state index in [1.165, 1.54) is 0 Å². The summed E-state index contributed by atoms with van der Waals surface area (Å²) in [5, 5.41) is 3.19. The average Bonchev–Trinajstić information content (AvgIpc) is 3.18. The molecular weight excluding hydrogens is 346 g/mol. The molecule has 2 saturated carbocycles. The van der Waals surface area contributed by atoms with Crippen LogP contribution in [-0.4, -0.2) is 30.6 Å². The molecule has 7 heteroatoms. The molecule has 3 fully saturated rings. The van der Waals surface area contributed by atoms with Crippen molar-refractivity contribution < 1.29 is 23.9 Å². The quantitative estimate of drug-likeness (QED) is 0.830. The number of fused-ring (bicyclic) bond motifs is 1. The topological polar surface area (TPSA) is 81.7 Å². The van der Waals surface area contributed by atoms with E-state index in [9.17, 15) is 14.4 Å². The van der Waals surface area contributed by atoms with E-state index in [0.29, 0.717) is 10.7 Å². The summed E-state index contributed by atoms with van der Waals surface area (Å²) in [7, 11) is 0. The van der Waals surface area contributed by atoms with Crippen molar-refractivity contribution in [1.29, 1.82) is 0 Å². The van der Waals surface area contributed by atoms with E-state index < -0.39 is 23.7 Å². The zero-order valence-electron chi connectivity index (χ0n) is 13.7. The van der Waals surface area contributed by atoms with Gasteiger partial charge in [-0.15, -0.1) is 0 Å². The van der Waals surface area contributed by atoms with Crippen molar-refractivity contribution in [2.75, 3.05) is 11.9 Å². The third-order valence-corrected chi connectivity index (χ3v) is 5.81. The lowest BCUT2D eigenvalue weighted by molar-refractivity contribution is -0.157. The lowest BCUT2D eigenvalue weighted by atomic mass is 9.80. The van der Waals surface area contributed by atoms with Crippen molar-refractivity contribution in [3.8, 4) is 0 Å². The molecule has 4 rings (SSSR count). The summed E-state index contributed by atoms with van der Waals surface area (Å²) >= 11 is 5.92. The van der Waals surface area contributed by atoms with Crippen molar-refractivity contribution in [2.45, 2.75) is 25.9 Å². The largest absolute Gasteiger partial charge is 0.462 e. The molecule has 0 aromatic heterocycles. The van der Waals surface area contributed by atoms with Crippen LogP contribution in [0.3, 0.4) is 0 Å². The highest BCUT2D eigenvalue weighted by Gasteiger charge is 2.64. The van der Waals surface area contributed by atoms with Crippen LogP contribution in [0.15, 0.2) is 18.2 Å². The number of nitrogens with one attached hydrogen (secondary N) is 1. The number of hydrogen-bond acceptors (Lipinski definition) is 5. The van der Waals surface area contributed by atoms with Crippen molar-refractivity contribution in [2.24, 2.45) is 23.7 Å². The predicted molar refractivity (Wildman–Crippen MR) is 88.9 cm³/mol. The fraction of sp³-hybridized carbons (Fsp3) is 0.500. The summed E-state index contributed by atoms with van der Waals surface area (Å²) in [6.45, 7) is 1.46.